The lowest BCUT2D eigenvalue weighted by molar-refractivity contribution is -0.116. The van der Waals surface area contributed by atoms with E-state index in [0.29, 0.717) is 31.2 Å². The van der Waals surface area contributed by atoms with Crippen LogP contribution in [0.25, 0.3) is 6.08 Å². The second kappa shape index (κ2) is 11.2. The van der Waals surface area contributed by atoms with E-state index in [-0.39, 0.29) is 5.91 Å². The number of methoxy groups -OCH3 is 1. The highest BCUT2D eigenvalue weighted by atomic mass is 16.5. The Balaban J connectivity index is 1.56. The minimum atomic E-state index is -0.153. The van der Waals surface area contributed by atoms with Crippen molar-refractivity contribution < 1.29 is 14.3 Å². The first kappa shape index (κ1) is 23.1. The van der Waals surface area contributed by atoms with Gasteiger partial charge in [-0.05, 0) is 61.2 Å². The maximum atomic E-state index is 12.3. The SMILES string of the molecule is CCCOc1ccc(/C=C/C(=O)NCc2cccc(Cn3nc(C)cc3C)c2)cc1OC. The zero-order valence-electron chi connectivity index (χ0n) is 19.2. The van der Waals surface area contributed by atoms with Crippen molar-refractivity contribution in [2.24, 2.45) is 0 Å². The van der Waals surface area contributed by atoms with Gasteiger partial charge in [0.2, 0.25) is 5.91 Å². The highest BCUT2D eigenvalue weighted by molar-refractivity contribution is 5.91. The lowest BCUT2D eigenvalue weighted by Crippen LogP contribution is -2.20. The molecule has 0 saturated carbocycles. The molecule has 0 aliphatic rings. The van der Waals surface area contributed by atoms with Gasteiger partial charge in [0.15, 0.2) is 11.5 Å². The second-order valence-electron chi connectivity index (χ2n) is 7.71. The molecule has 0 unspecified atom stereocenters. The summed E-state index contributed by atoms with van der Waals surface area (Å²) in [5.74, 6) is 1.20. The van der Waals surface area contributed by atoms with E-state index >= 15 is 0 Å². The first-order valence-electron chi connectivity index (χ1n) is 10.8. The molecule has 1 heterocycles. The molecule has 3 aromatic rings. The first-order chi connectivity index (χ1) is 15.5. The lowest BCUT2D eigenvalue weighted by atomic mass is 10.1. The number of aromatic nitrogens is 2. The van der Waals surface area contributed by atoms with Gasteiger partial charge in [-0.1, -0.05) is 37.3 Å². The number of carbonyl (C=O) groups is 1. The van der Waals surface area contributed by atoms with E-state index in [1.165, 1.54) is 6.08 Å². The largest absolute Gasteiger partial charge is 0.493 e. The number of benzene rings is 2. The molecule has 1 N–H and O–H groups in total. The summed E-state index contributed by atoms with van der Waals surface area (Å²) in [5, 5.41) is 7.46. The molecule has 2 aromatic carbocycles. The molecule has 6 heteroatoms. The predicted octanol–water partition coefficient (Wildman–Crippen LogP) is 4.68. The molecule has 0 aliphatic heterocycles. The highest BCUT2D eigenvalue weighted by Gasteiger charge is 2.06. The minimum absolute atomic E-state index is 0.153. The van der Waals surface area contributed by atoms with Crippen LogP contribution in [0, 0.1) is 13.8 Å². The van der Waals surface area contributed by atoms with Gasteiger partial charge >= 0.3 is 0 Å². The van der Waals surface area contributed by atoms with Gasteiger partial charge in [-0.3, -0.25) is 9.48 Å². The van der Waals surface area contributed by atoms with Gasteiger partial charge in [0.25, 0.3) is 0 Å². The molecule has 0 radical (unpaired) electrons. The molecule has 0 spiro atoms. The van der Waals surface area contributed by atoms with Crippen molar-refractivity contribution in [3.63, 3.8) is 0 Å². The summed E-state index contributed by atoms with van der Waals surface area (Å²) in [6, 6.07) is 15.9. The zero-order chi connectivity index (χ0) is 22.9. The summed E-state index contributed by atoms with van der Waals surface area (Å²) in [5.41, 5.74) is 5.21. The van der Waals surface area contributed by atoms with Gasteiger partial charge in [-0.25, -0.2) is 0 Å². The van der Waals surface area contributed by atoms with Gasteiger partial charge < -0.3 is 14.8 Å². The van der Waals surface area contributed by atoms with Crippen LogP contribution in [0.15, 0.2) is 54.6 Å². The molecule has 0 aliphatic carbocycles. The van der Waals surface area contributed by atoms with Gasteiger partial charge in [0.1, 0.15) is 0 Å². The Hall–Kier alpha value is -3.54. The maximum Gasteiger partial charge on any atom is 0.244 e. The van der Waals surface area contributed by atoms with E-state index in [4.69, 9.17) is 9.47 Å². The topological polar surface area (TPSA) is 65.4 Å². The Morgan fingerprint density at radius 1 is 1.09 bits per heavy atom. The third-order valence-electron chi connectivity index (χ3n) is 4.97. The number of aryl methyl sites for hydroxylation is 2. The number of nitrogens with one attached hydrogen (secondary N) is 1. The predicted molar refractivity (Wildman–Crippen MR) is 127 cm³/mol. The Morgan fingerprint density at radius 2 is 1.91 bits per heavy atom. The van der Waals surface area contributed by atoms with Gasteiger partial charge in [-0.2, -0.15) is 5.10 Å². The summed E-state index contributed by atoms with van der Waals surface area (Å²) in [7, 11) is 1.61. The molecule has 0 atom stereocenters. The number of carbonyl (C=O) groups excluding carboxylic acids is 1. The normalized spacial score (nSPS) is 11.0. The molecule has 0 saturated heterocycles. The fourth-order valence-corrected chi connectivity index (χ4v) is 3.39. The molecule has 1 aromatic heterocycles. The van der Waals surface area contributed by atoms with Gasteiger partial charge in [0.05, 0.1) is 26.0 Å². The van der Waals surface area contributed by atoms with Crippen molar-refractivity contribution >= 4 is 12.0 Å². The van der Waals surface area contributed by atoms with Crippen LogP contribution in [0.5, 0.6) is 11.5 Å². The second-order valence-corrected chi connectivity index (χ2v) is 7.71. The smallest absolute Gasteiger partial charge is 0.244 e. The van der Waals surface area contributed by atoms with Crippen LogP contribution in [0.2, 0.25) is 0 Å². The van der Waals surface area contributed by atoms with Crippen LogP contribution in [0.1, 0.15) is 41.4 Å². The maximum absolute atomic E-state index is 12.3. The Kier molecular flexibility index (Phi) is 8.08. The van der Waals surface area contributed by atoms with E-state index in [1.807, 2.05) is 41.9 Å². The van der Waals surface area contributed by atoms with E-state index in [9.17, 15) is 4.79 Å². The zero-order valence-corrected chi connectivity index (χ0v) is 19.2. The summed E-state index contributed by atoms with van der Waals surface area (Å²) < 4.78 is 13.0. The van der Waals surface area contributed by atoms with Crippen LogP contribution >= 0.6 is 0 Å². The van der Waals surface area contributed by atoms with E-state index in [1.54, 1.807) is 13.2 Å². The Bertz CT molecular complexity index is 1090. The molecule has 1 amide bonds. The standard InChI is InChI=1S/C26H31N3O3/c1-5-13-32-24-11-9-21(16-25(24)31-4)10-12-26(30)27-17-22-7-6-8-23(15-22)18-29-20(3)14-19(2)28-29/h6-12,14-16H,5,13,17-18H2,1-4H3,(H,27,30)/b12-10+. The summed E-state index contributed by atoms with van der Waals surface area (Å²) in [6.45, 7) is 7.91. The molecule has 0 fully saturated rings. The van der Waals surface area contributed by atoms with Crippen molar-refractivity contribution in [2.45, 2.75) is 40.3 Å². The minimum Gasteiger partial charge on any atom is -0.493 e. The van der Waals surface area contributed by atoms with Crippen LogP contribution in [0.3, 0.4) is 0 Å². The molecular formula is C26H31N3O3. The average molecular weight is 434 g/mol. The molecular weight excluding hydrogens is 402 g/mol. The Morgan fingerprint density at radius 3 is 2.62 bits per heavy atom. The number of ether oxygens (including phenoxy) is 2. The van der Waals surface area contributed by atoms with Crippen molar-refractivity contribution in [3.8, 4) is 11.5 Å². The van der Waals surface area contributed by atoms with Gasteiger partial charge in [0, 0.05) is 18.3 Å². The van der Waals surface area contributed by atoms with Crippen molar-refractivity contribution in [1.29, 1.82) is 0 Å². The fourth-order valence-electron chi connectivity index (χ4n) is 3.39. The number of hydrogen-bond donors (Lipinski definition) is 1. The number of hydrogen-bond acceptors (Lipinski definition) is 4. The van der Waals surface area contributed by atoms with Crippen molar-refractivity contribution in [2.75, 3.05) is 13.7 Å². The van der Waals surface area contributed by atoms with Gasteiger partial charge in [-0.15, -0.1) is 0 Å². The summed E-state index contributed by atoms with van der Waals surface area (Å²) >= 11 is 0. The van der Waals surface area contributed by atoms with Crippen LogP contribution in [-0.4, -0.2) is 29.4 Å². The van der Waals surface area contributed by atoms with E-state index in [0.717, 1.165) is 34.5 Å². The van der Waals surface area contributed by atoms with E-state index in [2.05, 4.69) is 42.5 Å². The average Bonchev–Trinajstić information content (AvgIpc) is 3.11. The molecule has 6 nitrogen and oxygen atoms in total. The van der Waals surface area contributed by atoms with Crippen LogP contribution < -0.4 is 14.8 Å². The van der Waals surface area contributed by atoms with Crippen LogP contribution in [0.4, 0.5) is 0 Å². The Labute approximate surface area is 189 Å². The molecule has 0 bridgehead atoms. The highest BCUT2D eigenvalue weighted by Crippen LogP contribution is 2.28. The third kappa shape index (κ3) is 6.48. The first-order valence-corrected chi connectivity index (χ1v) is 10.8. The molecule has 32 heavy (non-hydrogen) atoms. The quantitative estimate of drug-likeness (QED) is 0.472. The van der Waals surface area contributed by atoms with Crippen molar-refractivity contribution in [1.82, 2.24) is 15.1 Å². The lowest BCUT2D eigenvalue weighted by Gasteiger charge is -2.10. The summed E-state index contributed by atoms with van der Waals surface area (Å²) in [4.78, 5) is 12.3. The third-order valence-corrected chi connectivity index (χ3v) is 4.97. The number of rotatable bonds is 10. The van der Waals surface area contributed by atoms with E-state index < -0.39 is 0 Å². The fraction of sp³-hybridized carbons (Fsp3) is 0.308. The molecule has 168 valence electrons. The van der Waals surface area contributed by atoms with Crippen molar-refractivity contribution in [3.05, 3.63) is 82.7 Å². The summed E-state index contributed by atoms with van der Waals surface area (Å²) in [6.07, 6.45) is 4.22. The number of amides is 1. The molecule has 3 rings (SSSR count). The van der Waals surface area contributed by atoms with Crippen LogP contribution in [-0.2, 0) is 17.9 Å². The monoisotopic (exact) mass is 433 g/mol. The number of nitrogens with zero attached hydrogens (tertiary/aromatic N) is 2.